The van der Waals surface area contributed by atoms with Gasteiger partial charge in [-0.3, -0.25) is 10.1 Å². The third kappa shape index (κ3) is 3.81. The summed E-state index contributed by atoms with van der Waals surface area (Å²) in [4.78, 5) is 11.1. The summed E-state index contributed by atoms with van der Waals surface area (Å²) in [6.45, 7) is 0.0514. The fourth-order valence-electron chi connectivity index (χ4n) is 1.57. The van der Waals surface area contributed by atoms with Gasteiger partial charge in [-0.15, -0.1) is 11.8 Å². The number of nitrogens with zero attached hydrogens (tertiary/aromatic N) is 1. The molecule has 2 rings (SSSR count). The number of aliphatic hydroxyl groups is 1. The molecule has 0 unspecified atom stereocenters. The van der Waals surface area contributed by atoms with Gasteiger partial charge in [0.25, 0.3) is 5.69 Å². The molecule has 2 aromatic rings. The largest absolute Gasteiger partial charge is 0.392 e. The molecule has 1 N–H and O–H groups in total. The summed E-state index contributed by atoms with van der Waals surface area (Å²) in [5.74, 6) is 0.795. The topological polar surface area (TPSA) is 63.4 Å². The molecule has 0 saturated carbocycles. The first-order valence-electron chi connectivity index (χ1n) is 5.75. The van der Waals surface area contributed by atoms with E-state index < -0.39 is 4.92 Å². The standard InChI is InChI=1S/C14H13NO3S/c16-9-11-1-3-12(4-2-11)10-19-14-7-5-13(6-8-14)15(17)18/h1-8,16H,9-10H2. The monoisotopic (exact) mass is 275 g/mol. The van der Waals surface area contributed by atoms with Gasteiger partial charge in [-0.1, -0.05) is 24.3 Å². The van der Waals surface area contributed by atoms with Crippen LogP contribution >= 0.6 is 11.8 Å². The zero-order valence-corrected chi connectivity index (χ0v) is 11.0. The number of hydrogen-bond acceptors (Lipinski definition) is 4. The Morgan fingerprint density at radius 1 is 1.00 bits per heavy atom. The van der Waals surface area contributed by atoms with Crippen LogP contribution < -0.4 is 0 Å². The van der Waals surface area contributed by atoms with Crippen molar-refractivity contribution in [3.8, 4) is 0 Å². The number of benzene rings is 2. The van der Waals surface area contributed by atoms with Crippen molar-refractivity contribution in [1.29, 1.82) is 0 Å². The van der Waals surface area contributed by atoms with E-state index in [0.717, 1.165) is 21.8 Å². The van der Waals surface area contributed by atoms with Crippen LogP contribution in [0.3, 0.4) is 0 Å². The van der Waals surface area contributed by atoms with Crippen molar-refractivity contribution in [3.05, 3.63) is 69.8 Å². The number of aliphatic hydroxyl groups excluding tert-OH is 1. The minimum absolute atomic E-state index is 0.0514. The van der Waals surface area contributed by atoms with E-state index in [1.165, 1.54) is 12.1 Å². The smallest absolute Gasteiger partial charge is 0.269 e. The van der Waals surface area contributed by atoms with E-state index in [4.69, 9.17) is 5.11 Å². The van der Waals surface area contributed by atoms with Crippen LogP contribution in [0.5, 0.6) is 0 Å². The molecule has 0 bridgehead atoms. The molecule has 98 valence electrons. The number of non-ortho nitro benzene ring substituents is 1. The lowest BCUT2D eigenvalue weighted by molar-refractivity contribution is -0.384. The predicted octanol–water partition coefficient (Wildman–Crippen LogP) is 3.38. The molecule has 0 aliphatic rings. The zero-order valence-electron chi connectivity index (χ0n) is 10.2. The Kier molecular flexibility index (Phi) is 4.54. The minimum atomic E-state index is -0.401. The fraction of sp³-hybridized carbons (Fsp3) is 0.143. The maximum atomic E-state index is 10.5. The van der Waals surface area contributed by atoms with Crippen molar-refractivity contribution in [1.82, 2.24) is 0 Å². The summed E-state index contributed by atoms with van der Waals surface area (Å²) in [7, 11) is 0. The molecular weight excluding hydrogens is 262 g/mol. The van der Waals surface area contributed by atoms with Crippen molar-refractivity contribution in [3.63, 3.8) is 0 Å². The molecule has 0 atom stereocenters. The Morgan fingerprint density at radius 3 is 2.11 bits per heavy atom. The van der Waals surface area contributed by atoms with Crippen molar-refractivity contribution < 1.29 is 10.0 Å². The number of hydrogen-bond donors (Lipinski definition) is 1. The van der Waals surface area contributed by atoms with E-state index >= 15 is 0 Å². The maximum absolute atomic E-state index is 10.5. The molecule has 0 radical (unpaired) electrons. The van der Waals surface area contributed by atoms with Gasteiger partial charge in [0.05, 0.1) is 11.5 Å². The zero-order chi connectivity index (χ0) is 13.7. The van der Waals surface area contributed by atoms with Crippen LogP contribution in [0.4, 0.5) is 5.69 Å². The highest BCUT2D eigenvalue weighted by Crippen LogP contribution is 2.24. The molecular formula is C14H13NO3S. The van der Waals surface area contributed by atoms with E-state index in [0.29, 0.717) is 0 Å². The van der Waals surface area contributed by atoms with Gasteiger partial charge < -0.3 is 5.11 Å². The van der Waals surface area contributed by atoms with E-state index in [1.807, 2.05) is 24.3 Å². The van der Waals surface area contributed by atoms with E-state index in [1.54, 1.807) is 23.9 Å². The van der Waals surface area contributed by atoms with Crippen molar-refractivity contribution in [2.24, 2.45) is 0 Å². The van der Waals surface area contributed by atoms with Crippen LogP contribution in [0.15, 0.2) is 53.4 Å². The van der Waals surface area contributed by atoms with Gasteiger partial charge in [0.15, 0.2) is 0 Å². The third-order valence-electron chi connectivity index (χ3n) is 2.66. The Balaban J connectivity index is 1.95. The Labute approximate surface area is 115 Å². The van der Waals surface area contributed by atoms with Crippen LogP contribution in [0.1, 0.15) is 11.1 Å². The lowest BCUT2D eigenvalue weighted by Crippen LogP contribution is -1.87. The summed E-state index contributed by atoms with van der Waals surface area (Å²) in [6, 6.07) is 14.3. The lowest BCUT2D eigenvalue weighted by atomic mass is 10.2. The third-order valence-corrected chi connectivity index (χ3v) is 3.74. The molecule has 0 amide bonds. The van der Waals surface area contributed by atoms with E-state index in [9.17, 15) is 10.1 Å². The number of nitro groups is 1. The second kappa shape index (κ2) is 6.36. The van der Waals surface area contributed by atoms with Crippen molar-refractivity contribution in [2.75, 3.05) is 0 Å². The molecule has 0 fully saturated rings. The van der Waals surface area contributed by atoms with Gasteiger partial charge >= 0.3 is 0 Å². The van der Waals surface area contributed by atoms with Gasteiger partial charge in [-0.25, -0.2) is 0 Å². The SMILES string of the molecule is O=[N+]([O-])c1ccc(SCc2ccc(CO)cc2)cc1. The highest BCUT2D eigenvalue weighted by molar-refractivity contribution is 7.98. The second-order valence-electron chi connectivity index (χ2n) is 4.01. The highest BCUT2D eigenvalue weighted by Gasteiger charge is 2.04. The summed E-state index contributed by atoms with van der Waals surface area (Å²) in [5, 5.41) is 19.5. The van der Waals surface area contributed by atoms with Gasteiger partial charge in [0, 0.05) is 22.8 Å². The number of rotatable bonds is 5. The van der Waals surface area contributed by atoms with Gasteiger partial charge in [-0.2, -0.15) is 0 Å². The summed E-state index contributed by atoms with van der Waals surface area (Å²) < 4.78 is 0. The lowest BCUT2D eigenvalue weighted by Gasteiger charge is -2.03. The molecule has 0 spiro atoms. The first-order chi connectivity index (χ1) is 9.19. The summed E-state index contributed by atoms with van der Waals surface area (Å²) in [6.07, 6.45) is 0. The van der Waals surface area contributed by atoms with Crippen LogP contribution in [-0.4, -0.2) is 10.0 Å². The molecule has 0 heterocycles. The quantitative estimate of drug-likeness (QED) is 0.516. The average molecular weight is 275 g/mol. The normalized spacial score (nSPS) is 10.4. The number of thioether (sulfide) groups is 1. The van der Waals surface area contributed by atoms with E-state index in [-0.39, 0.29) is 12.3 Å². The molecule has 4 nitrogen and oxygen atoms in total. The molecule has 0 aliphatic carbocycles. The first kappa shape index (κ1) is 13.6. The molecule has 0 saturated heterocycles. The van der Waals surface area contributed by atoms with Crippen LogP contribution in [0, 0.1) is 10.1 Å². The molecule has 0 aromatic heterocycles. The minimum Gasteiger partial charge on any atom is -0.392 e. The summed E-state index contributed by atoms with van der Waals surface area (Å²) in [5.41, 5.74) is 2.15. The van der Waals surface area contributed by atoms with Gasteiger partial charge in [0.2, 0.25) is 0 Å². The first-order valence-corrected chi connectivity index (χ1v) is 6.73. The fourth-order valence-corrected chi connectivity index (χ4v) is 2.43. The van der Waals surface area contributed by atoms with Crippen LogP contribution in [-0.2, 0) is 12.4 Å². The second-order valence-corrected chi connectivity index (χ2v) is 5.06. The maximum Gasteiger partial charge on any atom is 0.269 e. The summed E-state index contributed by atoms with van der Waals surface area (Å²) >= 11 is 1.62. The predicted molar refractivity (Wildman–Crippen MR) is 75.0 cm³/mol. The highest BCUT2D eigenvalue weighted by atomic mass is 32.2. The van der Waals surface area contributed by atoms with Crippen molar-refractivity contribution >= 4 is 17.4 Å². The van der Waals surface area contributed by atoms with Crippen molar-refractivity contribution in [2.45, 2.75) is 17.3 Å². The number of nitro benzene ring substituents is 1. The van der Waals surface area contributed by atoms with Crippen LogP contribution in [0.2, 0.25) is 0 Å². The van der Waals surface area contributed by atoms with E-state index in [2.05, 4.69) is 0 Å². The molecule has 2 aromatic carbocycles. The van der Waals surface area contributed by atoms with Crippen LogP contribution in [0.25, 0.3) is 0 Å². The molecule has 0 aliphatic heterocycles. The molecule has 19 heavy (non-hydrogen) atoms. The van der Waals surface area contributed by atoms with Gasteiger partial charge in [0.1, 0.15) is 0 Å². The Hall–Kier alpha value is -1.85. The Bertz CT molecular complexity index is 552. The Morgan fingerprint density at radius 2 is 1.58 bits per heavy atom. The molecule has 5 heteroatoms. The van der Waals surface area contributed by atoms with Gasteiger partial charge in [-0.05, 0) is 23.3 Å². The average Bonchev–Trinajstić information content (AvgIpc) is 2.46.